The lowest BCUT2D eigenvalue weighted by Gasteiger charge is -2.26. The van der Waals surface area contributed by atoms with Crippen molar-refractivity contribution in [2.45, 2.75) is 6.10 Å². The number of thiocarbonyl (C=S) groups is 1. The molecule has 9 heteroatoms. The standard InChI is InChI=1S/C14H12N2O6S/c1-20-6-4-3-5-7(10(6)21-2)13(19)22-9(5)8-11(17)15-14(23)16-12(8)18/h3-4,8-9H,1-2H3,(H2,15,16,17,18,23)/t9-/m0/s1. The van der Waals surface area contributed by atoms with Gasteiger partial charge in [0.1, 0.15) is 11.7 Å². The molecular weight excluding hydrogens is 324 g/mol. The SMILES string of the molecule is COc1ccc2c(c1OC)C(=O)O[C@@H]2C1C(=O)NC(=S)NC1=O. The number of carbonyl (C=O) groups excluding carboxylic acids is 3. The highest BCUT2D eigenvalue weighted by molar-refractivity contribution is 7.80. The fourth-order valence-electron chi connectivity index (χ4n) is 2.68. The van der Waals surface area contributed by atoms with Crippen molar-refractivity contribution in [3.63, 3.8) is 0 Å². The van der Waals surface area contributed by atoms with Crippen LogP contribution in [0.2, 0.25) is 0 Å². The van der Waals surface area contributed by atoms with Gasteiger partial charge in [-0.05, 0) is 18.3 Å². The summed E-state index contributed by atoms with van der Waals surface area (Å²) in [6, 6.07) is 3.15. The molecule has 0 spiro atoms. The average molecular weight is 336 g/mol. The summed E-state index contributed by atoms with van der Waals surface area (Å²) in [6.07, 6.45) is -1.06. The van der Waals surface area contributed by atoms with Crippen LogP contribution >= 0.6 is 12.2 Å². The number of hydrogen-bond donors (Lipinski definition) is 2. The highest BCUT2D eigenvalue weighted by Gasteiger charge is 2.48. The first-order chi connectivity index (χ1) is 11.0. The number of benzene rings is 1. The van der Waals surface area contributed by atoms with Crippen LogP contribution in [0.1, 0.15) is 22.0 Å². The molecule has 0 aromatic heterocycles. The number of nitrogens with one attached hydrogen (secondary N) is 2. The number of rotatable bonds is 3. The van der Waals surface area contributed by atoms with E-state index in [0.717, 1.165) is 0 Å². The Morgan fingerprint density at radius 1 is 1.09 bits per heavy atom. The first-order valence-electron chi connectivity index (χ1n) is 6.59. The van der Waals surface area contributed by atoms with Gasteiger partial charge >= 0.3 is 5.97 Å². The summed E-state index contributed by atoms with van der Waals surface area (Å²) in [7, 11) is 2.82. The van der Waals surface area contributed by atoms with Crippen molar-refractivity contribution < 1.29 is 28.6 Å². The fourth-order valence-corrected chi connectivity index (χ4v) is 2.88. The van der Waals surface area contributed by atoms with Crippen LogP contribution in [0.15, 0.2) is 12.1 Å². The number of ether oxygens (including phenoxy) is 3. The molecule has 1 atom stereocenters. The Labute approximate surface area is 136 Å². The summed E-state index contributed by atoms with van der Waals surface area (Å²) >= 11 is 4.75. The van der Waals surface area contributed by atoms with Crippen LogP contribution in [0.4, 0.5) is 0 Å². The molecule has 1 aromatic carbocycles. The Morgan fingerprint density at radius 2 is 1.74 bits per heavy atom. The van der Waals surface area contributed by atoms with E-state index >= 15 is 0 Å². The van der Waals surface area contributed by atoms with E-state index < -0.39 is 29.8 Å². The van der Waals surface area contributed by atoms with Gasteiger partial charge in [0.05, 0.1) is 14.2 Å². The average Bonchev–Trinajstić information content (AvgIpc) is 2.82. The number of cyclic esters (lactones) is 1. The molecule has 2 heterocycles. The molecule has 0 unspecified atom stereocenters. The molecule has 2 aliphatic heterocycles. The Kier molecular flexibility index (Phi) is 3.64. The van der Waals surface area contributed by atoms with Crippen LogP contribution in [-0.2, 0) is 14.3 Å². The lowest BCUT2D eigenvalue weighted by atomic mass is 9.91. The number of methoxy groups -OCH3 is 2. The van der Waals surface area contributed by atoms with Crippen molar-refractivity contribution in [2.75, 3.05) is 14.2 Å². The molecule has 0 saturated carbocycles. The van der Waals surface area contributed by atoms with E-state index in [1.807, 2.05) is 0 Å². The van der Waals surface area contributed by atoms with Gasteiger partial charge in [-0.15, -0.1) is 0 Å². The molecule has 3 rings (SSSR count). The van der Waals surface area contributed by atoms with Gasteiger partial charge in [0.2, 0.25) is 11.8 Å². The van der Waals surface area contributed by atoms with Crippen molar-refractivity contribution in [3.05, 3.63) is 23.3 Å². The van der Waals surface area contributed by atoms with Gasteiger partial charge in [-0.1, -0.05) is 6.07 Å². The van der Waals surface area contributed by atoms with Crippen molar-refractivity contribution in [1.29, 1.82) is 0 Å². The van der Waals surface area contributed by atoms with E-state index in [4.69, 9.17) is 26.4 Å². The van der Waals surface area contributed by atoms with Gasteiger partial charge in [-0.3, -0.25) is 9.59 Å². The lowest BCUT2D eigenvalue weighted by Crippen LogP contribution is -2.57. The second-order valence-electron chi connectivity index (χ2n) is 4.88. The summed E-state index contributed by atoms with van der Waals surface area (Å²) < 4.78 is 15.6. The molecular formula is C14H12N2O6S. The Balaban J connectivity index is 2.07. The third kappa shape index (κ3) is 2.29. The second kappa shape index (κ2) is 5.51. The number of hydrogen-bond acceptors (Lipinski definition) is 7. The molecule has 2 amide bonds. The maximum absolute atomic E-state index is 12.2. The predicted molar refractivity (Wildman–Crippen MR) is 80.1 cm³/mol. The van der Waals surface area contributed by atoms with E-state index in [2.05, 4.69) is 10.6 Å². The molecule has 1 fully saturated rings. The minimum atomic E-state index is -1.23. The predicted octanol–water partition coefficient (Wildman–Crippen LogP) is 0.0624. The van der Waals surface area contributed by atoms with Crippen LogP contribution in [0.5, 0.6) is 11.5 Å². The molecule has 23 heavy (non-hydrogen) atoms. The van der Waals surface area contributed by atoms with E-state index in [0.29, 0.717) is 11.3 Å². The van der Waals surface area contributed by atoms with E-state index in [9.17, 15) is 14.4 Å². The zero-order chi connectivity index (χ0) is 16.7. The zero-order valence-electron chi connectivity index (χ0n) is 12.2. The van der Waals surface area contributed by atoms with E-state index in [-0.39, 0.29) is 16.4 Å². The Bertz CT molecular complexity index is 727. The van der Waals surface area contributed by atoms with Gasteiger partial charge in [-0.25, -0.2) is 4.79 Å². The van der Waals surface area contributed by atoms with E-state index in [1.165, 1.54) is 14.2 Å². The molecule has 0 bridgehead atoms. The van der Waals surface area contributed by atoms with Gasteiger partial charge in [-0.2, -0.15) is 0 Å². The van der Waals surface area contributed by atoms with Crippen molar-refractivity contribution in [3.8, 4) is 11.5 Å². The van der Waals surface area contributed by atoms with Gasteiger partial charge in [0, 0.05) is 5.56 Å². The van der Waals surface area contributed by atoms with Crippen LogP contribution < -0.4 is 20.1 Å². The maximum atomic E-state index is 12.2. The normalized spacial score (nSPS) is 20.5. The monoisotopic (exact) mass is 336 g/mol. The number of amides is 2. The zero-order valence-corrected chi connectivity index (χ0v) is 13.0. The molecule has 120 valence electrons. The number of carbonyl (C=O) groups is 3. The minimum Gasteiger partial charge on any atom is -0.493 e. The summed E-state index contributed by atoms with van der Waals surface area (Å²) in [5.74, 6) is -2.62. The highest BCUT2D eigenvalue weighted by atomic mass is 32.1. The molecule has 1 saturated heterocycles. The number of fused-ring (bicyclic) bond motifs is 1. The van der Waals surface area contributed by atoms with Crippen LogP contribution in [0.25, 0.3) is 0 Å². The molecule has 8 nitrogen and oxygen atoms in total. The third-order valence-corrected chi connectivity index (χ3v) is 3.87. The van der Waals surface area contributed by atoms with Crippen LogP contribution in [-0.4, -0.2) is 37.1 Å². The maximum Gasteiger partial charge on any atom is 0.343 e. The fraction of sp³-hybridized carbons (Fsp3) is 0.286. The van der Waals surface area contributed by atoms with Crippen molar-refractivity contribution in [1.82, 2.24) is 10.6 Å². The third-order valence-electron chi connectivity index (χ3n) is 3.66. The lowest BCUT2D eigenvalue weighted by molar-refractivity contribution is -0.139. The molecule has 0 aliphatic carbocycles. The quantitative estimate of drug-likeness (QED) is 0.457. The summed E-state index contributed by atoms with van der Waals surface area (Å²) in [5.41, 5.74) is 0.529. The number of esters is 1. The molecule has 1 aromatic rings. The highest BCUT2D eigenvalue weighted by Crippen LogP contribution is 2.44. The smallest absolute Gasteiger partial charge is 0.343 e. The Hall–Kier alpha value is -2.68. The van der Waals surface area contributed by atoms with Crippen molar-refractivity contribution >= 4 is 35.1 Å². The summed E-state index contributed by atoms with van der Waals surface area (Å²) in [5, 5.41) is 4.62. The van der Waals surface area contributed by atoms with E-state index in [1.54, 1.807) is 12.1 Å². The second-order valence-corrected chi connectivity index (χ2v) is 5.28. The van der Waals surface area contributed by atoms with Gasteiger partial charge in [0.15, 0.2) is 22.5 Å². The van der Waals surface area contributed by atoms with Gasteiger partial charge < -0.3 is 24.8 Å². The first kappa shape index (κ1) is 15.2. The molecule has 2 N–H and O–H groups in total. The topological polar surface area (TPSA) is 103 Å². The minimum absolute atomic E-state index is 0.0758. The van der Waals surface area contributed by atoms with Gasteiger partial charge in [0.25, 0.3) is 0 Å². The van der Waals surface area contributed by atoms with Crippen molar-refractivity contribution in [2.24, 2.45) is 5.92 Å². The largest absolute Gasteiger partial charge is 0.493 e. The molecule has 0 radical (unpaired) electrons. The van der Waals surface area contributed by atoms with Crippen LogP contribution in [0, 0.1) is 5.92 Å². The van der Waals surface area contributed by atoms with Crippen LogP contribution in [0.3, 0.4) is 0 Å². The first-order valence-corrected chi connectivity index (χ1v) is 7.00. The summed E-state index contributed by atoms with van der Waals surface area (Å²) in [4.78, 5) is 36.4. The Morgan fingerprint density at radius 3 is 2.30 bits per heavy atom. The summed E-state index contributed by atoms with van der Waals surface area (Å²) in [6.45, 7) is 0. The molecule has 2 aliphatic rings.